The Morgan fingerprint density at radius 1 is 1.06 bits per heavy atom. The van der Waals surface area contributed by atoms with E-state index in [0.717, 1.165) is 16.6 Å². The standard InChI is InChI=1S/C25H29N3O5/c1-4-32-20-14-9-6-11-17(20)22-21(24(30)33-5-2)23(29)27(15-10-16-31-3)25-26-18-12-7-8-13-19(18)28(22)25/h6-9,11-14,21-22H,4-5,10,15-16H2,1-3H3/t21-,22-/m0/s1. The Labute approximate surface area is 193 Å². The van der Waals surface area contributed by atoms with Crippen LogP contribution in [0.1, 0.15) is 31.9 Å². The quantitative estimate of drug-likeness (QED) is 0.281. The maximum Gasteiger partial charge on any atom is 0.321 e. The number of aromatic nitrogens is 2. The summed E-state index contributed by atoms with van der Waals surface area (Å²) in [6.45, 7) is 5.16. The highest BCUT2D eigenvalue weighted by Gasteiger charge is 2.48. The molecule has 174 valence electrons. The molecule has 0 aliphatic carbocycles. The van der Waals surface area contributed by atoms with E-state index in [0.29, 0.717) is 37.9 Å². The lowest BCUT2D eigenvalue weighted by molar-refractivity contribution is -0.153. The van der Waals surface area contributed by atoms with Crippen molar-refractivity contribution in [3.05, 3.63) is 54.1 Å². The van der Waals surface area contributed by atoms with Crippen LogP contribution < -0.4 is 9.64 Å². The highest BCUT2D eigenvalue weighted by Crippen LogP contribution is 2.43. The van der Waals surface area contributed by atoms with Crippen LogP contribution in [0.4, 0.5) is 5.95 Å². The van der Waals surface area contributed by atoms with Gasteiger partial charge >= 0.3 is 5.97 Å². The van der Waals surface area contributed by atoms with Crippen molar-refractivity contribution in [2.24, 2.45) is 5.92 Å². The van der Waals surface area contributed by atoms with Gasteiger partial charge in [0.25, 0.3) is 0 Å². The Hall–Kier alpha value is -3.39. The number of amides is 1. The van der Waals surface area contributed by atoms with Crippen LogP contribution in [0, 0.1) is 5.92 Å². The minimum absolute atomic E-state index is 0.184. The number of para-hydroxylation sites is 3. The molecule has 0 saturated carbocycles. The van der Waals surface area contributed by atoms with Gasteiger partial charge in [0.15, 0.2) is 5.92 Å². The molecule has 8 heteroatoms. The summed E-state index contributed by atoms with van der Waals surface area (Å²) in [5.41, 5.74) is 2.33. The number of methoxy groups -OCH3 is 1. The summed E-state index contributed by atoms with van der Waals surface area (Å²) >= 11 is 0. The summed E-state index contributed by atoms with van der Waals surface area (Å²) in [5, 5.41) is 0. The molecule has 0 radical (unpaired) electrons. The summed E-state index contributed by atoms with van der Waals surface area (Å²) in [7, 11) is 1.62. The van der Waals surface area contributed by atoms with Gasteiger partial charge in [-0.15, -0.1) is 0 Å². The number of carbonyl (C=O) groups excluding carboxylic acids is 2. The number of hydrogen-bond acceptors (Lipinski definition) is 6. The van der Waals surface area contributed by atoms with E-state index >= 15 is 0 Å². The number of nitrogens with zero attached hydrogens (tertiary/aromatic N) is 3. The highest BCUT2D eigenvalue weighted by atomic mass is 16.5. The van der Waals surface area contributed by atoms with Crippen molar-refractivity contribution in [1.82, 2.24) is 9.55 Å². The topological polar surface area (TPSA) is 82.9 Å². The first-order valence-corrected chi connectivity index (χ1v) is 11.3. The van der Waals surface area contributed by atoms with Gasteiger partial charge in [-0.25, -0.2) is 4.98 Å². The zero-order valence-corrected chi connectivity index (χ0v) is 19.2. The molecule has 2 atom stereocenters. The third-order valence-electron chi connectivity index (χ3n) is 5.75. The molecule has 33 heavy (non-hydrogen) atoms. The predicted molar refractivity (Wildman–Crippen MR) is 124 cm³/mol. The summed E-state index contributed by atoms with van der Waals surface area (Å²) in [4.78, 5) is 33.4. The van der Waals surface area contributed by atoms with Crippen LogP contribution in [0.15, 0.2) is 48.5 Å². The molecule has 0 N–H and O–H groups in total. The van der Waals surface area contributed by atoms with Crippen molar-refractivity contribution < 1.29 is 23.8 Å². The fourth-order valence-electron chi connectivity index (χ4n) is 4.42. The number of rotatable bonds is 9. The van der Waals surface area contributed by atoms with E-state index in [1.165, 1.54) is 0 Å². The number of carbonyl (C=O) groups is 2. The van der Waals surface area contributed by atoms with Crippen LogP contribution in [-0.2, 0) is 19.1 Å². The number of anilines is 1. The van der Waals surface area contributed by atoms with Gasteiger partial charge in [0, 0.05) is 25.8 Å². The van der Waals surface area contributed by atoms with Crippen LogP contribution in [-0.4, -0.2) is 54.9 Å². The SMILES string of the molecule is CCOC(=O)[C@@H]1C(=O)N(CCCOC)c2nc3ccccc3n2[C@H]1c1ccccc1OCC. The fraction of sp³-hybridized carbons (Fsp3) is 0.400. The normalized spacial score (nSPS) is 17.8. The van der Waals surface area contributed by atoms with E-state index in [1.807, 2.05) is 60.0 Å². The molecule has 8 nitrogen and oxygen atoms in total. The molecule has 2 aromatic carbocycles. The molecular formula is C25H29N3O5. The monoisotopic (exact) mass is 451 g/mol. The van der Waals surface area contributed by atoms with Crippen LogP contribution >= 0.6 is 0 Å². The highest BCUT2D eigenvalue weighted by molar-refractivity contribution is 6.08. The molecule has 1 aromatic heterocycles. The van der Waals surface area contributed by atoms with Crippen molar-refractivity contribution in [2.45, 2.75) is 26.3 Å². The smallest absolute Gasteiger partial charge is 0.321 e. The van der Waals surface area contributed by atoms with E-state index < -0.39 is 17.9 Å². The Bertz CT molecular complexity index is 1140. The lowest BCUT2D eigenvalue weighted by Gasteiger charge is -2.38. The molecule has 1 amide bonds. The van der Waals surface area contributed by atoms with Gasteiger partial charge in [-0.05, 0) is 38.5 Å². The van der Waals surface area contributed by atoms with Gasteiger partial charge in [0.2, 0.25) is 11.9 Å². The zero-order valence-electron chi connectivity index (χ0n) is 19.2. The molecular weight excluding hydrogens is 422 g/mol. The minimum Gasteiger partial charge on any atom is -0.494 e. The first kappa shape index (κ1) is 22.8. The lowest BCUT2D eigenvalue weighted by Crippen LogP contribution is -2.50. The fourth-order valence-corrected chi connectivity index (χ4v) is 4.42. The second-order valence-corrected chi connectivity index (χ2v) is 7.75. The summed E-state index contributed by atoms with van der Waals surface area (Å²) in [6.07, 6.45) is 0.612. The van der Waals surface area contributed by atoms with Crippen molar-refractivity contribution in [1.29, 1.82) is 0 Å². The maximum absolute atomic E-state index is 13.8. The van der Waals surface area contributed by atoms with E-state index in [4.69, 9.17) is 19.2 Å². The Morgan fingerprint density at radius 2 is 1.82 bits per heavy atom. The van der Waals surface area contributed by atoms with E-state index in [2.05, 4.69) is 0 Å². The Balaban J connectivity index is 1.96. The molecule has 0 spiro atoms. The van der Waals surface area contributed by atoms with Gasteiger partial charge in [-0.1, -0.05) is 30.3 Å². The lowest BCUT2D eigenvalue weighted by atomic mass is 9.88. The summed E-state index contributed by atoms with van der Waals surface area (Å²) in [5.74, 6) is -0.820. The molecule has 1 aliphatic heterocycles. The number of fused-ring (bicyclic) bond motifs is 3. The van der Waals surface area contributed by atoms with Gasteiger partial charge in [0.05, 0.1) is 30.3 Å². The molecule has 0 bridgehead atoms. The van der Waals surface area contributed by atoms with E-state index in [-0.39, 0.29) is 12.5 Å². The number of imidazole rings is 1. The van der Waals surface area contributed by atoms with Crippen LogP contribution in [0.5, 0.6) is 5.75 Å². The average Bonchev–Trinajstić information content (AvgIpc) is 3.20. The molecule has 1 aliphatic rings. The van der Waals surface area contributed by atoms with Crippen LogP contribution in [0.25, 0.3) is 11.0 Å². The average molecular weight is 452 g/mol. The minimum atomic E-state index is -1.07. The number of esters is 1. The molecule has 4 rings (SSSR count). The predicted octanol–water partition coefficient (Wildman–Crippen LogP) is 3.59. The largest absolute Gasteiger partial charge is 0.494 e. The van der Waals surface area contributed by atoms with Crippen molar-refractivity contribution in [3.8, 4) is 5.75 Å². The zero-order chi connectivity index (χ0) is 23.4. The summed E-state index contributed by atoms with van der Waals surface area (Å²) < 4.78 is 18.5. The second-order valence-electron chi connectivity index (χ2n) is 7.75. The van der Waals surface area contributed by atoms with Crippen molar-refractivity contribution in [3.63, 3.8) is 0 Å². The van der Waals surface area contributed by atoms with Gasteiger partial charge in [-0.3, -0.25) is 14.5 Å². The Kier molecular flexibility index (Phi) is 6.93. The van der Waals surface area contributed by atoms with E-state index in [9.17, 15) is 9.59 Å². The maximum atomic E-state index is 13.8. The third-order valence-corrected chi connectivity index (χ3v) is 5.75. The second kappa shape index (κ2) is 10.0. The van der Waals surface area contributed by atoms with Crippen LogP contribution in [0.2, 0.25) is 0 Å². The third kappa shape index (κ3) is 4.18. The van der Waals surface area contributed by atoms with Gasteiger partial charge < -0.3 is 18.8 Å². The van der Waals surface area contributed by atoms with Crippen LogP contribution in [0.3, 0.4) is 0 Å². The number of hydrogen-bond donors (Lipinski definition) is 0. The number of ether oxygens (including phenoxy) is 3. The molecule has 0 unspecified atom stereocenters. The summed E-state index contributed by atoms with van der Waals surface area (Å²) in [6, 6.07) is 14.6. The van der Waals surface area contributed by atoms with E-state index in [1.54, 1.807) is 18.9 Å². The Morgan fingerprint density at radius 3 is 2.58 bits per heavy atom. The first-order valence-electron chi connectivity index (χ1n) is 11.3. The number of benzene rings is 2. The van der Waals surface area contributed by atoms with Gasteiger partial charge in [-0.2, -0.15) is 0 Å². The van der Waals surface area contributed by atoms with Crippen molar-refractivity contribution in [2.75, 3.05) is 38.4 Å². The molecule has 0 saturated heterocycles. The van der Waals surface area contributed by atoms with Gasteiger partial charge in [0.1, 0.15) is 5.75 Å². The van der Waals surface area contributed by atoms with Crippen molar-refractivity contribution >= 4 is 28.9 Å². The molecule has 2 heterocycles. The first-order chi connectivity index (χ1) is 16.1. The molecule has 0 fully saturated rings. The molecule has 3 aromatic rings.